The van der Waals surface area contributed by atoms with E-state index in [1.807, 2.05) is 12.5 Å². The van der Waals surface area contributed by atoms with Crippen molar-refractivity contribution in [1.82, 2.24) is 24.7 Å². The van der Waals surface area contributed by atoms with Crippen LogP contribution in [0.2, 0.25) is 0 Å². The molecule has 1 aromatic rings. The molecule has 3 aliphatic rings. The summed E-state index contributed by atoms with van der Waals surface area (Å²) in [4.78, 5) is 14.2. The first-order valence-corrected chi connectivity index (χ1v) is 10.6. The molecule has 4 unspecified atom stereocenters. The molecule has 1 aromatic heterocycles. The number of hydrogen-bond donors (Lipinski definition) is 1. The summed E-state index contributed by atoms with van der Waals surface area (Å²) in [6, 6.07) is 1.10. The van der Waals surface area contributed by atoms with E-state index in [-0.39, 0.29) is 30.1 Å². The third-order valence-corrected chi connectivity index (χ3v) is 6.37. The first kappa shape index (κ1) is 21.8. The van der Waals surface area contributed by atoms with Crippen molar-refractivity contribution in [3.8, 4) is 0 Å². The van der Waals surface area contributed by atoms with Gasteiger partial charge in [0.25, 0.3) is 0 Å². The van der Waals surface area contributed by atoms with E-state index in [9.17, 15) is 0 Å². The van der Waals surface area contributed by atoms with Crippen molar-refractivity contribution in [2.24, 2.45) is 10.9 Å². The average molecular weight is 502 g/mol. The minimum absolute atomic E-state index is 0. The van der Waals surface area contributed by atoms with Gasteiger partial charge in [0.05, 0.1) is 31.6 Å². The monoisotopic (exact) mass is 502 g/mol. The summed E-state index contributed by atoms with van der Waals surface area (Å²) in [5, 5.41) is 3.50. The van der Waals surface area contributed by atoms with E-state index in [1.54, 1.807) is 0 Å². The van der Waals surface area contributed by atoms with Crippen LogP contribution < -0.4 is 5.32 Å². The molecule has 0 radical (unpaired) electrons. The highest BCUT2D eigenvalue weighted by Crippen LogP contribution is 2.27. The van der Waals surface area contributed by atoms with E-state index in [2.05, 4.69) is 44.7 Å². The molecule has 0 amide bonds. The number of nitrogens with one attached hydrogen (secondary N) is 1. The maximum absolute atomic E-state index is 6.10. The zero-order chi connectivity index (χ0) is 18.6. The van der Waals surface area contributed by atoms with Gasteiger partial charge < -0.3 is 19.5 Å². The van der Waals surface area contributed by atoms with Crippen molar-refractivity contribution in [2.45, 2.75) is 51.3 Å². The Morgan fingerprint density at radius 2 is 2.18 bits per heavy atom. The first-order valence-electron chi connectivity index (χ1n) is 10.6. The van der Waals surface area contributed by atoms with Crippen LogP contribution in [0, 0.1) is 5.92 Å². The van der Waals surface area contributed by atoms with E-state index in [0.717, 1.165) is 45.3 Å². The smallest absolute Gasteiger partial charge is 0.194 e. The number of aromatic nitrogens is 2. The highest BCUT2D eigenvalue weighted by atomic mass is 127. The molecule has 0 aliphatic carbocycles. The molecule has 7 nitrogen and oxygen atoms in total. The maximum Gasteiger partial charge on any atom is 0.194 e. The molecule has 0 aromatic carbocycles. The lowest BCUT2D eigenvalue weighted by Gasteiger charge is -2.39. The minimum atomic E-state index is 0. The molecule has 8 heteroatoms. The van der Waals surface area contributed by atoms with Gasteiger partial charge in [-0.1, -0.05) is 6.92 Å². The van der Waals surface area contributed by atoms with Crippen molar-refractivity contribution >= 4 is 29.9 Å². The second kappa shape index (κ2) is 10.2. The molecule has 3 aliphatic heterocycles. The molecule has 4 heterocycles. The van der Waals surface area contributed by atoms with Gasteiger partial charge in [-0.15, -0.1) is 24.0 Å². The summed E-state index contributed by atoms with van der Waals surface area (Å²) in [5.74, 6) is 1.67. The molecule has 0 bridgehead atoms. The van der Waals surface area contributed by atoms with Crippen LogP contribution in [-0.2, 0) is 4.74 Å². The fraction of sp³-hybridized carbons (Fsp3) is 0.800. The van der Waals surface area contributed by atoms with Gasteiger partial charge in [-0.05, 0) is 38.6 Å². The van der Waals surface area contributed by atoms with Crippen LogP contribution in [0.5, 0.6) is 0 Å². The normalized spacial score (nSPS) is 31.4. The Labute approximate surface area is 185 Å². The molecule has 158 valence electrons. The fourth-order valence-corrected chi connectivity index (χ4v) is 4.71. The van der Waals surface area contributed by atoms with Crippen LogP contribution in [0.25, 0.3) is 0 Å². The second-order valence-electron chi connectivity index (χ2n) is 8.23. The molecular formula is C20H35IN6O. The van der Waals surface area contributed by atoms with Gasteiger partial charge in [-0.3, -0.25) is 9.89 Å². The van der Waals surface area contributed by atoms with Gasteiger partial charge in [0, 0.05) is 44.6 Å². The number of guanidine groups is 1. The summed E-state index contributed by atoms with van der Waals surface area (Å²) < 4.78 is 8.35. The van der Waals surface area contributed by atoms with Crippen LogP contribution in [-0.4, -0.2) is 83.3 Å². The molecule has 28 heavy (non-hydrogen) atoms. The third-order valence-electron chi connectivity index (χ3n) is 6.37. The Morgan fingerprint density at radius 3 is 2.96 bits per heavy atom. The molecule has 0 spiro atoms. The van der Waals surface area contributed by atoms with Gasteiger partial charge in [0.1, 0.15) is 0 Å². The number of hydrogen-bond acceptors (Lipinski definition) is 4. The lowest BCUT2D eigenvalue weighted by Crippen LogP contribution is -2.50. The van der Waals surface area contributed by atoms with Crippen LogP contribution >= 0.6 is 24.0 Å². The summed E-state index contributed by atoms with van der Waals surface area (Å²) in [6.45, 7) is 11.3. The number of piperidine rings is 1. The van der Waals surface area contributed by atoms with E-state index < -0.39 is 0 Å². The molecule has 3 saturated heterocycles. The quantitative estimate of drug-likeness (QED) is 0.389. The van der Waals surface area contributed by atoms with Gasteiger partial charge in [-0.2, -0.15) is 0 Å². The zero-order valence-corrected chi connectivity index (χ0v) is 19.5. The lowest BCUT2D eigenvalue weighted by molar-refractivity contribution is -0.0433. The number of rotatable bonds is 4. The number of halogens is 1. The van der Waals surface area contributed by atoms with Crippen molar-refractivity contribution in [3.05, 3.63) is 18.7 Å². The Hall–Kier alpha value is -0.870. The number of nitrogens with zero attached hydrogens (tertiary/aromatic N) is 5. The van der Waals surface area contributed by atoms with Crippen LogP contribution in [0.4, 0.5) is 0 Å². The Kier molecular flexibility index (Phi) is 7.99. The Balaban J connectivity index is 0.00000225. The van der Waals surface area contributed by atoms with Crippen LogP contribution in [0.1, 0.15) is 39.2 Å². The van der Waals surface area contributed by atoms with Gasteiger partial charge in [-0.25, -0.2) is 4.98 Å². The predicted octanol–water partition coefficient (Wildman–Crippen LogP) is 2.21. The van der Waals surface area contributed by atoms with Crippen molar-refractivity contribution in [1.29, 1.82) is 0 Å². The molecule has 0 saturated carbocycles. The SMILES string of the molecule is CCNC(=NCC1CN2CCCC2CO1)N1CCC(C)C(n2ccnc2)C1.I. The summed E-state index contributed by atoms with van der Waals surface area (Å²) in [6.07, 6.45) is 9.89. The van der Waals surface area contributed by atoms with E-state index in [4.69, 9.17) is 9.73 Å². The summed E-state index contributed by atoms with van der Waals surface area (Å²) in [7, 11) is 0. The Morgan fingerprint density at radius 1 is 1.29 bits per heavy atom. The van der Waals surface area contributed by atoms with Gasteiger partial charge >= 0.3 is 0 Å². The molecule has 4 atom stereocenters. The molecule has 1 N–H and O–H groups in total. The maximum atomic E-state index is 6.10. The summed E-state index contributed by atoms with van der Waals surface area (Å²) in [5.41, 5.74) is 0. The molecular weight excluding hydrogens is 467 g/mol. The number of morpholine rings is 1. The predicted molar refractivity (Wildman–Crippen MR) is 122 cm³/mol. The summed E-state index contributed by atoms with van der Waals surface area (Å²) >= 11 is 0. The number of imidazole rings is 1. The number of likely N-dealkylation sites (tertiary alicyclic amines) is 1. The molecule has 4 rings (SSSR count). The topological polar surface area (TPSA) is 57.9 Å². The van der Waals surface area contributed by atoms with E-state index in [0.29, 0.717) is 18.0 Å². The second-order valence-corrected chi connectivity index (χ2v) is 8.23. The number of aliphatic imine (C=N–C) groups is 1. The lowest BCUT2D eigenvalue weighted by atomic mass is 9.93. The van der Waals surface area contributed by atoms with Crippen molar-refractivity contribution in [2.75, 3.05) is 45.9 Å². The van der Waals surface area contributed by atoms with E-state index >= 15 is 0 Å². The van der Waals surface area contributed by atoms with Gasteiger partial charge in [0.2, 0.25) is 0 Å². The van der Waals surface area contributed by atoms with Crippen molar-refractivity contribution < 1.29 is 4.74 Å². The standard InChI is InChI=1S/C20H34N6O.HI/c1-3-22-20(23-11-18-12-24-8-4-5-17(24)14-27-18)25-9-6-16(2)19(13-25)26-10-7-21-15-26;/h7,10,15-19H,3-6,8-9,11-14H2,1-2H3,(H,22,23);1H. The molecule has 3 fully saturated rings. The minimum Gasteiger partial charge on any atom is -0.373 e. The third kappa shape index (κ3) is 4.99. The first-order chi connectivity index (χ1) is 13.2. The zero-order valence-electron chi connectivity index (χ0n) is 17.2. The van der Waals surface area contributed by atoms with Crippen LogP contribution in [0.15, 0.2) is 23.7 Å². The van der Waals surface area contributed by atoms with Crippen LogP contribution in [0.3, 0.4) is 0 Å². The fourth-order valence-electron chi connectivity index (χ4n) is 4.71. The van der Waals surface area contributed by atoms with Crippen molar-refractivity contribution in [3.63, 3.8) is 0 Å². The average Bonchev–Trinajstić information content (AvgIpc) is 3.37. The highest BCUT2D eigenvalue weighted by molar-refractivity contribution is 14.0. The largest absolute Gasteiger partial charge is 0.373 e. The van der Waals surface area contributed by atoms with Gasteiger partial charge in [0.15, 0.2) is 5.96 Å². The number of ether oxygens (including phenoxy) is 1. The highest BCUT2D eigenvalue weighted by Gasteiger charge is 2.33. The Bertz CT molecular complexity index is 624. The number of fused-ring (bicyclic) bond motifs is 1. The van der Waals surface area contributed by atoms with E-state index in [1.165, 1.54) is 25.8 Å².